The molecule has 6 nitrogen and oxygen atoms in total. The van der Waals surface area contributed by atoms with Gasteiger partial charge in [0.25, 0.3) is 0 Å². The summed E-state index contributed by atoms with van der Waals surface area (Å²) >= 11 is 0. The number of carbonyl (C=O) groups excluding carboxylic acids is 2. The summed E-state index contributed by atoms with van der Waals surface area (Å²) in [6.07, 6.45) is 1.12. The first-order valence-corrected chi connectivity index (χ1v) is 8.43. The van der Waals surface area contributed by atoms with Crippen molar-refractivity contribution in [2.45, 2.75) is 20.3 Å². The maximum absolute atomic E-state index is 12.0. The highest BCUT2D eigenvalue weighted by molar-refractivity contribution is 5.93. The Labute approximate surface area is 143 Å². The van der Waals surface area contributed by atoms with E-state index < -0.39 is 5.97 Å². The monoisotopic (exact) mass is 333 g/mol. The van der Waals surface area contributed by atoms with E-state index in [1.54, 1.807) is 24.3 Å². The molecule has 1 aromatic rings. The number of esters is 1. The minimum Gasteiger partial charge on any atom is -0.465 e. The lowest BCUT2D eigenvalue weighted by Crippen LogP contribution is -2.34. The average Bonchev–Trinajstić information content (AvgIpc) is 2.99. The van der Waals surface area contributed by atoms with E-state index in [-0.39, 0.29) is 6.03 Å². The molecule has 1 atom stereocenters. The number of hydrogen-bond donors (Lipinski definition) is 2. The summed E-state index contributed by atoms with van der Waals surface area (Å²) in [4.78, 5) is 26.0. The van der Waals surface area contributed by atoms with Crippen molar-refractivity contribution in [1.82, 2.24) is 10.2 Å². The van der Waals surface area contributed by atoms with Gasteiger partial charge in [0.2, 0.25) is 0 Å². The molecule has 2 amide bonds. The minimum atomic E-state index is -0.421. The topological polar surface area (TPSA) is 70.7 Å². The molecule has 0 bridgehead atoms. The fraction of sp³-hybridized carbons (Fsp3) is 0.556. The second-order valence-corrected chi connectivity index (χ2v) is 6.72. The summed E-state index contributed by atoms with van der Waals surface area (Å²) in [6.45, 7) is 8.37. The highest BCUT2D eigenvalue weighted by Gasteiger charge is 2.23. The Morgan fingerprint density at radius 2 is 2.17 bits per heavy atom. The van der Waals surface area contributed by atoms with Gasteiger partial charge in [-0.15, -0.1) is 0 Å². The molecule has 1 unspecified atom stereocenters. The standard InChI is InChI=1S/C18H27N3O3/c1-13(2)11-21-8-7-14(12-21)10-19-18(23)20-16-6-4-5-15(9-16)17(22)24-3/h4-6,9,13-14H,7-8,10-12H2,1-3H3,(H2,19,20,23). The number of amides is 2. The van der Waals surface area contributed by atoms with Crippen LogP contribution in [0.15, 0.2) is 24.3 Å². The third-order valence-corrected chi connectivity index (χ3v) is 4.09. The zero-order valence-corrected chi connectivity index (χ0v) is 14.7. The van der Waals surface area contributed by atoms with Gasteiger partial charge in [0.1, 0.15) is 0 Å². The van der Waals surface area contributed by atoms with E-state index in [9.17, 15) is 9.59 Å². The Morgan fingerprint density at radius 1 is 1.38 bits per heavy atom. The lowest BCUT2D eigenvalue weighted by molar-refractivity contribution is 0.0600. The van der Waals surface area contributed by atoms with Crippen LogP contribution in [0.4, 0.5) is 10.5 Å². The van der Waals surface area contributed by atoms with Gasteiger partial charge < -0.3 is 20.3 Å². The van der Waals surface area contributed by atoms with Gasteiger partial charge in [-0.2, -0.15) is 0 Å². The molecular weight excluding hydrogens is 306 g/mol. The summed E-state index contributed by atoms with van der Waals surface area (Å²) in [5.41, 5.74) is 0.985. The molecule has 1 aliphatic heterocycles. The molecule has 0 spiro atoms. The Hall–Kier alpha value is -2.08. The predicted molar refractivity (Wildman–Crippen MR) is 94.2 cm³/mol. The smallest absolute Gasteiger partial charge is 0.337 e. The number of ether oxygens (including phenoxy) is 1. The van der Waals surface area contributed by atoms with Crippen LogP contribution < -0.4 is 10.6 Å². The lowest BCUT2D eigenvalue weighted by atomic mass is 10.1. The zero-order chi connectivity index (χ0) is 17.5. The first kappa shape index (κ1) is 18.3. The van der Waals surface area contributed by atoms with Crippen LogP contribution in [0.25, 0.3) is 0 Å². The van der Waals surface area contributed by atoms with E-state index in [1.165, 1.54) is 7.11 Å². The number of nitrogens with zero attached hydrogens (tertiary/aromatic N) is 1. The van der Waals surface area contributed by atoms with E-state index in [0.29, 0.717) is 29.6 Å². The van der Waals surface area contributed by atoms with Gasteiger partial charge >= 0.3 is 12.0 Å². The molecule has 6 heteroatoms. The summed E-state index contributed by atoms with van der Waals surface area (Å²) in [7, 11) is 1.33. The molecule has 0 aromatic heterocycles. The number of rotatable bonds is 6. The number of benzene rings is 1. The van der Waals surface area contributed by atoms with E-state index in [4.69, 9.17) is 0 Å². The third-order valence-electron chi connectivity index (χ3n) is 4.09. The van der Waals surface area contributed by atoms with Crippen molar-refractivity contribution in [2.75, 3.05) is 38.6 Å². The molecule has 1 aromatic carbocycles. The summed E-state index contributed by atoms with van der Waals surface area (Å²) in [5, 5.41) is 5.67. The molecule has 0 radical (unpaired) electrons. The highest BCUT2D eigenvalue weighted by Crippen LogP contribution is 2.17. The van der Waals surface area contributed by atoms with Crippen molar-refractivity contribution in [2.24, 2.45) is 11.8 Å². The molecule has 2 N–H and O–H groups in total. The zero-order valence-electron chi connectivity index (χ0n) is 14.7. The van der Waals surface area contributed by atoms with Crippen LogP contribution in [0.5, 0.6) is 0 Å². The molecule has 24 heavy (non-hydrogen) atoms. The van der Waals surface area contributed by atoms with Gasteiger partial charge in [-0.3, -0.25) is 0 Å². The number of hydrogen-bond acceptors (Lipinski definition) is 4. The van der Waals surface area contributed by atoms with Gasteiger partial charge in [-0.1, -0.05) is 19.9 Å². The first-order valence-electron chi connectivity index (χ1n) is 8.43. The highest BCUT2D eigenvalue weighted by atomic mass is 16.5. The van der Waals surface area contributed by atoms with Crippen LogP contribution in [0.3, 0.4) is 0 Å². The van der Waals surface area contributed by atoms with E-state index in [0.717, 1.165) is 26.1 Å². The van der Waals surface area contributed by atoms with Gasteiger partial charge in [-0.25, -0.2) is 9.59 Å². The van der Waals surface area contributed by atoms with E-state index in [2.05, 4.69) is 34.1 Å². The third kappa shape index (κ3) is 5.53. The maximum Gasteiger partial charge on any atom is 0.337 e. The number of nitrogens with one attached hydrogen (secondary N) is 2. The molecule has 0 aliphatic carbocycles. The molecular formula is C18H27N3O3. The van der Waals surface area contributed by atoms with E-state index in [1.807, 2.05) is 0 Å². The number of likely N-dealkylation sites (tertiary alicyclic amines) is 1. The second kappa shape index (κ2) is 8.68. The second-order valence-electron chi connectivity index (χ2n) is 6.72. The van der Waals surface area contributed by atoms with Crippen molar-refractivity contribution in [3.63, 3.8) is 0 Å². The molecule has 1 heterocycles. The van der Waals surface area contributed by atoms with Crippen LogP contribution in [0, 0.1) is 11.8 Å². The summed E-state index contributed by atoms with van der Waals surface area (Å²) < 4.78 is 4.68. The largest absolute Gasteiger partial charge is 0.465 e. The average molecular weight is 333 g/mol. The van der Waals surface area contributed by atoms with Gasteiger partial charge in [0.05, 0.1) is 12.7 Å². The Balaban J connectivity index is 1.77. The fourth-order valence-corrected chi connectivity index (χ4v) is 3.02. The quantitative estimate of drug-likeness (QED) is 0.785. The minimum absolute atomic E-state index is 0.251. The number of urea groups is 1. The number of anilines is 1. The SMILES string of the molecule is COC(=O)c1cccc(NC(=O)NCC2CCN(CC(C)C)C2)c1. The first-order chi connectivity index (χ1) is 11.5. The number of carbonyl (C=O) groups is 2. The molecule has 1 fully saturated rings. The lowest BCUT2D eigenvalue weighted by Gasteiger charge is -2.18. The number of methoxy groups -OCH3 is 1. The van der Waals surface area contributed by atoms with Gasteiger partial charge in [0.15, 0.2) is 0 Å². The molecule has 1 saturated heterocycles. The Bertz CT molecular complexity index is 574. The van der Waals surface area contributed by atoms with Crippen LogP contribution in [-0.2, 0) is 4.74 Å². The fourth-order valence-electron chi connectivity index (χ4n) is 3.02. The van der Waals surface area contributed by atoms with Crippen LogP contribution in [-0.4, -0.2) is 50.2 Å². The summed E-state index contributed by atoms with van der Waals surface area (Å²) in [6, 6.07) is 6.45. The summed E-state index contributed by atoms with van der Waals surface area (Å²) in [5.74, 6) is 0.744. The maximum atomic E-state index is 12.0. The van der Waals surface area contributed by atoms with Crippen molar-refractivity contribution in [3.8, 4) is 0 Å². The van der Waals surface area contributed by atoms with Crippen molar-refractivity contribution < 1.29 is 14.3 Å². The molecule has 1 aliphatic rings. The van der Waals surface area contributed by atoms with Crippen LogP contribution >= 0.6 is 0 Å². The Morgan fingerprint density at radius 3 is 2.88 bits per heavy atom. The Kier molecular flexibility index (Phi) is 6.61. The molecule has 2 rings (SSSR count). The van der Waals surface area contributed by atoms with Gasteiger partial charge in [-0.05, 0) is 43.0 Å². The van der Waals surface area contributed by atoms with Crippen LogP contribution in [0.2, 0.25) is 0 Å². The predicted octanol–water partition coefficient (Wildman–Crippen LogP) is 2.57. The van der Waals surface area contributed by atoms with Crippen LogP contribution in [0.1, 0.15) is 30.6 Å². The van der Waals surface area contributed by atoms with Crippen molar-refractivity contribution in [1.29, 1.82) is 0 Å². The molecule has 0 saturated carbocycles. The van der Waals surface area contributed by atoms with Gasteiger partial charge in [0, 0.05) is 25.3 Å². The van der Waals surface area contributed by atoms with E-state index >= 15 is 0 Å². The van der Waals surface area contributed by atoms with Crippen molar-refractivity contribution >= 4 is 17.7 Å². The van der Waals surface area contributed by atoms with Crippen molar-refractivity contribution in [3.05, 3.63) is 29.8 Å². The normalized spacial score (nSPS) is 17.8. The molecule has 132 valence electrons.